The highest BCUT2D eigenvalue weighted by Gasteiger charge is 2.25. The maximum atomic E-state index is 13.3. The van der Waals surface area contributed by atoms with Gasteiger partial charge >= 0.3 is 0 Å². The molecule has 0 spiro atoms. The Bertz CT molecular complexity index is 1290. The van der Waals surface area contributed by atoms with Gasteiger partial charge in [-0.25, -0.2) is 9.97 Å². The van der Waals surface area contributed by atoms with Gasteiger partial charge in [-0.2, -0.15) is 0 Å². The summed E-state index contributed by atoms with van der Waals surface area (Å²) >= 11 is 6.23. The molecule has 0 atom stereocenters. The van der Waals surface area contributed by atoms with Crippen molar-refractivity contribution in [2.24, 2.45) is 0 Å². The number of hydrogen-bond donors (Lipinski definition) is 2. The van der Waals surface area contributed by atoms with Crippen molar-refractivity contribution in [2.45, 2.75) is 19.3 Å². The van der Waals surface area contributed by atoms with E-state index in [0.29, 0.717) is 39.6 Å². The fourth-order valence-corrected chi connectivity index (χ4v) is 4.55. The molecule has 7 nitrogen and oxygen atoms in total. The fraction of sp³-hybridized carbons (Fsp3) is 0.292. The largest absolute Gasteiger partial charge is 0.384 e. The van der Waals surface area contributed by atoms with E-state index in [9.17, 15) is 4.79 Å². The Morgan fingerprint density at radius 3 is 2.53 bits per heavy atom. The van der Waals surface area contributed by atoms with Crippen LogP contribution in [0.3, 0.4) is 0 Å². The van der Waals surface area contributed by atoms with Crippen LogP contribution in [0.25, 0.3) is 27.9 Å². The zero-order valence-electron chi connectivity index (χ0n) is 17.7. The molecule has 164 valence electrons. The molecule has 4 aromatic rings. The first-order valence-corrected chi connectivity index (χ1v) is 11.3. The molecule has 8 heteroatoms. The second-order valence-corrected chi connectivity index (χ2v) is 8.55. The molecule has 3 N–H and O–H groups in total. The first kappa shape index (κ1) is 20.7. The van der Waals surface area contributed by atoms with E-state index >= 15 is 0 Å². The predicted molar refractivity (Wildman–Crippen MR) is 128 cm³/mol. The van der Waals surface area contributed by atoms with Crippen LogP contribution in [-0.2, 0) is 0 Å². The molecule has 2 aromatic heterocycles. The van der Waals surface area contributed by atoms with Gasteiger partial charge in [0, 0.05) is 18.1 Å². The molecule has 1 amide bonds. The third-order valence-corrected chi connectivity index (χ3v) is 6.19. The smallest absolute Gasteiger partial charge is 0.257 e. The highest BCUT2D eigenvalue weighted by molar-refractivity contribution is 6.30. The molecule has 0 radical (unpaired) electrons. The number of aromatic nitrogens is 3. The van der Waals surface area contributed by atoms with Crippen LogP contribution in [0.5, 0.6) is 0 Å². The summed E-state index contributed by atoms with van der Waals surface area (Å²) in [7, 11) is 0. The van der Waals surface area contributed by atoms with E-state index in [2.05, 4.69) is 10.2 Å². The number of fused-ring (bicyclic) bond motifs is 2. The second kappa shape index (κ2) is 8.76. The van der Waals surface area contributed by atoms with Gasteiger partial charge in [-0.05, 0) is 56.3 Å². The summed E-state index contributed by atoms with van der Waals surface area (Å²) < 4.78 is 1.75. The average Bonchev–Trinajstić information content (AvgIpc) is 3.08. The summed E-state index contributed by atoms with van der Waals surface area (Å²) in [5.41, 5.74) is 10.1. The molecule has 2 aromatic carbocycles. The number of nitrogens with two attached hydrogens (primary N) is 1. The molecular formula is C24H25ClN6O. The van der Waals surface area contributed by atoms with Crippen molar-refractivity contribution in [1.82, 2.24) is 24.8 Å². The van der Waals surface area contributed by atoms with Crippen LogP contribution in [-0.4, -0.2) is 51.5 Å². The van der Waals surface area contributed by atoms with E-state index in [4.69, 9.17) is 27.3 Å². The number of para-hydroxylation sites is 2. The minimum atomic E-state index is -0.241. The van der Waals surface area contributed by atoms with Crippen LogP contribution in [0.2, 0.25) is 5.02 Å². The van der Waals surface area contributed by atoms with Crippen LogP contribution in [0.15, 0.2) is 48.5 Å². The lowest BCUT2D eigenvalue weighted by Gasteiger charge is -2.26. The van der Waals surface area contributed by atoms with Crippen LogP contribution in [0.4, 0.5) is 5.82 Å². The molecule has 1 aliphatic rings. The lowest BCUT2D eigenvalue weighted by Crippen LogP contribution is -2.37. The predicted octanol–water partition coefficient (Wildman–Crippen LogP) is 4.03. The van der Waals surface area contributed by atoms with Crippen molar-refractivity contribution < 1.29 is 4.79 Å². The Morgan fingerprint density at radius 1 is 1.03 bits per heavy atom. The molecule has 0 saturated carbocycles. The van der Waals surface area contributed by atoms with Gasteiger partial charge in [-0.3, -0.25) is 9.36 Å². The monoisotopic (exact) mass is 448 g/mol. The lowest BCUT2D eigenvalue weighted by molar-refractivity contribution is 0.0949. The third kappa shape index (κ3) is 3.89. The Labute approximate surface area is 191 Å². The molecule has 3 heterocycles. The van der Waals surface area contributed by atoms with Crippen LogP contribution in [0, 0.1) is 0 Å². The number of piperidine rings is 1. The van der Waals surface area contributed by atoms with Gasteiger partial charge in [0.25, 0.3) is 5.91 Å². The molecule has 1 aliphatic heterocycles. The molecule has 5 rings (SSSR count). The summed E-state index contributed by atoms with van der Waals surface area (Å²) in [5, 5.41) is 3.61. The van der Waals surface area contributed by atoms with Gasteiger partial charge in [-0.1, -0.05) is 36.2 Å². The average molecular weight is 449 g/mol. The van der Waals surface area contributed by atoms with Crippen LogP contribution in [0.1, 0.15) is 29.6 Å². The zero-order valence-corrected chi connectivity index (χ0v) is 18.5. The van der Waals surface area contributed by atoms with E-state index in [1.54, 1.807) is 16.7 Å². The number of benzene rings is 2. The standard InChI is InChI=1S/C24H25ClN6O/c25-16-7-6-8-17(15-16)31-22(26)20(24(32)27-11-14-30-12-4-1-5-13-30)21-23(31)29-19-10-3-2-9-18(19)28-21/h2-3,6-10,15H,1,4-5,11-14,26H2,(H,27,32). The van der Waals surface area contributed by atoms with Crippen molar-refractivity contribution in [1.29, 1.82) is 0 Å². The molecule has 32 heavy (non-hydrogen) atoms. The van der Waals surface area contributed by atoms with Gasteiger partial charge in [0.2, 0.25) is 0 Å². The van der Waals surface area contributed by atoms with Crippen LogP contribution < -0.4 is 11.1 Å². The Hall–Kier alpha value is -3.16. The van der Waals surface area contributed by atoms with E-state index < -0.39 is 0 Å². The Kier molecular flexibility index (Phi) is 5.68. The van der Waals surface area contributed by atoms with Crippen molar-refractivity contribution in [3.05, 3.63) is 59.1 Å². The maximum absolute atomic E-state index is 13.3. The molecule has 1 fully saturated rings. The van der Waals surface area contributed by atoms with Crippen molar-refractivity contribution >= 4 is 45.5 Å². The summed E-state index contributed by atoms with van der Waals surface area (Å²) in [6.07, 6.45) is 3.72. The van der Waals surface area contributed by atoms with Gasteiger partial charge in [0.15, 0.2) is 5.65 Å². The van der Waals surface area contributed by atoms with Crippen molar-refractivity contribution in [3.8, 4) is 5.69 Å². The first-order valence-electron chi connectivity index (χ1n) is 10.9. The third-order valence-electron chi connectivity index (χ3n) is 5.95. The number of carbonyl (C=O) groups excluding carboxylic acids is 1. The number of anilines is 1. The lowest BCUT2D eigenvalue weighted by atomic mass is 10.1. The number of nitrogen functional groups attached to an aromatic ring is 1. The SMILES string of the molecule is Nc1c(C(=O)NCCN2CCCCC2)c2nc3ccccc3nc2n1-c1cccc(Cl)c1. The van der Waals surface area contributed by atoms with E-state index in [0.717, 1.165) is 30.8 Å². The normalized spacial score (nSPS) is 14.8. The molecule has 0 aliphatic carbocycles. The summed E-state index contributed by atoms with van der Waals surface area (Å²) in [4.78, 5) is 25.2. The van der Waals surface area contributed by atoms with Crippen LogP contribution >= 0.6 is 11.6 Å². The maximum Gasteiger partial charge on any atom is 0.257 e. The minimum Gasteiger partial charge on any atom is -0.384 e. The van der Waals surface area contributed by atoms with Gasteiger partial charge in [0.1, 0.15) is 16.9 Å². The highest BCUT2D eigenvalue weighted by Crippen LogP contribution is 2.31. The number of hydrogen-bond acceptors (Lipinski definition) is 5. The first-order chi connectivity index (χ1) is 15.6. The molecule has 1 saturated heterocycles. The van der Waals surface area contributed by atoms with E-state index in [1.165, 1.54) is 19.3 Å². The van der Waals surface area contributed by atoms with Gasteiger partial charge in [0.05, 0.1) is 16.7 Å². The van der Waals surface area contributed by atoms with Gasteiger partial charge < -0.3 is 16.0 Å². The minimum absolute atomic E-state index is 0.241. The number of halogens is 1. The number of carbonyl (C=O) groups is 1. The summed E-state index contributed by atoms with van der Waals surface area (Å²) in [5.74, 6) is 0.0583. The second-order valence-electron chi connectivity index (χ2n) is 8.12. The highest BCUT2D eigenvalue weighted by atomic mass is 35.5. The van der Waals surface area contributed by atoms with E-state index in [-0.39, 0.29) is 5.91 Å². The fourth-order valence-electron chi connectivity index (χ4n) is 4.36. The number of amides is 1. The van der Waals surface area contributed by atoms with Crippen molar-refractivity contribution in [3.63, 3.8) is 0 Å². The topological polar surface area (TPSA) is 89.1 Å². The number of rotatable bonds is 5. The quantitative estimate of drug-likeness (QED) is 0.481. The Balaban J connectivity index is 1.55. The van der Waals surface area contributed by atoms with Gasteiger partial charge in [-0.15, -0.1) is 0 Å². The number of nitrogens with zero attached hydrogens (tertiary/aromatic N) is 4. The molecule has 0 bridgehead atoms. The molecule has 0 unspecified atom stereocenters. The number of nitrogens with one attached hydrogen (secondary N) is 1. The summed E-state index contributed by atoms with van der Waals surface area (Å²) in [6.45, 7) is 3.56. The summed E-state index contributed by atoms with van der Waals surface area (Å²) in [6, 6.07) is 14.9. The van der Waals surface area contributed by atoms with Crippen molar-refractivity contribution in [2.75, 3.05) is 31.9 Å². The zero-order chi connectivity index (χ0) is 22.1. The van der Waals surface area contributed by atoms with E-state index in [1.807, 2.05) is 36.4 Å². The molecular weight excluding hydrogens is 424 g/mol. The number of likely N-dealkylation sites (tertiary alicyclic amines) is 1. The Morgan fingerprint density at radius 2 is 1.78 bits per heavy atom.